The number of nitrogens with zero attached hydrogens (tertiary/aromatic N) is 5. The summed E-state index contributed by atoms with van der Waals surface area (Å²) in [5.41, 5.74) is 5.01. The molecule has 0 unspecified atom stereocenters. The molecule has 3 aromatic carbocycles. The number of aliphatic imine (C=N–C) groups is 1. The van der Waals surface area contributed by atoms with Crippen LogP contribution in [-0.2, 0) is 16.0 Å². The van der Waals surface area contributed by atoms with E-state index in [2.05, 4.69) is 25.8 Å². The molecule has 2 amide bonds. The van der Waals surface area contributed by atoms with Crippen molar-refractivity contribution in [2.24, 2.45) is 4.99 Å². The van der Waals surface area contributed by atoms with Gasteiger partial charge in [-0.1, -0.05) is 41.9 Å². The van der Waals surface area contributed by atoms with E-state index < -0.39 is 13.2 Å². The first kappa shape index (κ1) is 31.9. The molecule has 1 aliphatic heterocycles. The van der Waals surface area contributed by atoms with Crippen molar-refractivity contribution in [3.63, 3.8) is 0 Å². The number of carbonyl (C=O) groups excluding carboxylic acids is 2. The number of aryl methyl sites for hydroxylation is 1. The highest BCUT2D eigenvalue weighted by Crippen LogP contribution is 2.34. The van der Waals surface area contributed by atoms with Crippen LogP contribution in [0.25, 0.3) is 16.6 Å². The Labute approximate surface area is 275 Å². The molecule has 3 heterocycles. The topological polar surface area (TPSA) is 164 Å². The third-order valence-corrected chi connectivity index (χ3v) is 8.13. The molecule has 0 fully saturated rings. The predicted molar refractivity (Wildman–Crippen MR) is 178 cm³/mol. The molecule has 6 rings (SSSR count). The Morgan fingerprint density at radius 1 is 1.00 bits per heavy atom. The molecule has 0 bridgehead atoms. The Morgan fingerprint density at radius 2 is 1.81 bits per heavy atom. The summed E-state index contributed by atoms with van der Waals surface area (Å²) in [6.45, 7) is 2.00. The zero-order valence-electron chi connectivity index (χ0n) is 25.6. The van der Waals surface area contributed by atoms with Gasteiger partial charge in [0.2, 0.25) is 11.8 Å². The number of halogens is 1. The second kappa shape index (κ2) is 13.7. The lowest BCUT2D eigenvalue weighted by molar-refractivity contribution is -0.126. The third-order valence-electron chi connectivity index (χ3n) is 7.88. The maximum absolute atomic E-state index is 13.2. The van der Waals surface area contributed by atoms with Gasteiger partial charge in [-0.2, -0.15) is 0 Å². The maximum Gasteiger partial charge on any atom is 0.490 e. The maximum atomic E-state index is 13.2. The Morgan fingerprint density at radius 3 is 2.57 bits per heavy atom. The van der Waals surface area contributed by atoms with Crippen LogP contribution in [0.15, 0.2) is 77.9 Å². The van der Waals surface area contributed by atoms with E-state index in [1.54, 1.807) is 25.3 Å². The van der Waals surface area contributed by atoms with Crippen molar-refractivity contribution in [1.82, 2.24) is 30.4 Å². The monoisotopic (exact) mass is 651 g/mol. The van der Waals surface area contributed by atoms with E-state index in [-0.39, 0.29) is 24.8 Å². The number of carbonyl (C=O) groups is 2. The summed E-state index contributed by atoms with van der Waals surface area (Å²) < 4.78 is 7.41. The second-order valence-electron chi connectivity index (χ2n) is 11.1. The van der Waals surface area contributed by atoms with E-state index in [4.69, 9.17) is 21.3 Å². The van der Waals surface area contributed by atoms with Gasteiger partial charge in [-0.15, -0.1) is 10.2 Å². The number of amides is 2. The predicted octanol–water partition coefficient (Wildman–Crippen LogP) is 2.22. The number of ether oxygens (including phenoxy) is 1. The van der Waals surface area contributed by atoms with E-state index in [9.17, 15) is 19.6 Å². The zero-order valence-corrected chi connectivity index (χ0v) is 26.4. The minimum atomic E-state index is -1.58. The van der Waals surface area contributed by atoms with Gasteiger partial charge >= 0.3 is 7.12 Å². The van der Waals surface area contributed by atoms with Gasteiger partial charge < -0.3 is 25.4 Å². The fourth-order valence-corrected chi connectivity index (χ4v) is 5.62. The van der Waals surface area contributed by atoms with Crippen molar-refractivity contribution in [1.29, 1.82) is 0 Å². The second-order valence-corrected chi connectivity index (χ2v) is 11.5. The van der Waals surface area contributed by atoms with E-state index in [1.165, 1.54) is 6.20 Å². The smallest absolute Gasteiger partial charge is 0.490 e. The summed E-state index contributed by atoms with van der Waals surface area (Å²) in [7, 11) is 0.0132. The lowest BCUT2D eigenvalue weighted by Gasteiger charge is -2.14. The van der Waals surface area contributed by atoms with Crippen LogP contribution in [0.2, 0.25) is 5.02 Å². The fraction of sp³-hybridized carbons (Fsp3) is 0.212. The van der Waals surface area contributed by atoms with Crippen molar-refractivity contribution >= 4 is 52.6 Å². The molecule has 4 N–H and O–H groups in total. The summed E-state index contributed by atoms with van der Waals surface area (Å²) >= 11 is 6.18. The van der Waals surface area contributed by atoms with Crippen molar-refractivity contribution < 1.29 is 24.4 Å². The molecule has 1 aliphatic rings. The largest absolute Gasteiger partial charge is 0.497 e. The average molecular weight is 652 g/mol. The molecule has 47 heavy (non-hydrogen) atoms. The molecule has 0 aliphatic carbocycles. The molecular formula is C33H31BClN7O5. The van der Waals surface area contributed by atoms with Gasteiger partial charge in [-0.05, 0) is 60.7 Å². The van der Waals surface area contributed by atoms with Crippen molar-refractivity contribution in [3.05, 3.63) is 106 Å². The molecule has 1 atom stereocenters. The van der Waals surface area contributed by atoms with Crippen LogP contribution in [-0.4, -0.2) is 74.6 Å². The highest BCUT2D eigenvalue weighted by atomic mass is 35.5. The van der Waals surface area contributed by atoms with Crippen molar-refractivity contribution in [3.8, 4) is 11.4 Å². The van der Waals surface area contributed by atoms with Gasteiger partial charge in [0, 0.05) is 34.4 Å². The quantitative estimate of drug-likeness (QED) is 0.167. The first-order chi connectivity index (χ1) is 22.7. The standard InChI is InChI=1S/C33H31BClN7O5/c1-19-40-41-33-28(39-32(21-5-7-24(35)8-6-21)26-15-25(47-2)9-10-29(26)42(19)33)16-30(43)38-18-31(44)36-12-11-20-3-4-22-14-23(34(45)46)17-37-27(22)13-20/h3-10,13-15,17,28,45-46H,11-12,16,18H2,1-2H3,(H,36,44)(H,38,43)/t28-/m0/s1. The Kier molecular flexibility index (Phi) is 9.30. The van der Waals surface area contributed by atoms with Gasteiger partial charge in [0.25, 0.3) is 0 Å². The summed E-state index contributed by atoms with van der Waals surface area (Å²) in [5.74, 6) is 1.09. The van der Waals surface area contributed by atoms with Crippen molar-refractivity contribution in [2.75, 3.05) is 20.2 Å². The van der Waals surface area contributed by atoms with Gasteiger partial charge in [-0.3, -0.25) is 24.1 Å². The molecule has 2 aromatic heterocycles. The van der Waals surface area contributed by atoms with Gasteiger partial charge in [0.15, 0.2) is 5.82 Å². The minimum absolute atomic E-state index is 0.0628. The van der Waals surface area contributed by atoms with E-state index in [1.807, 2.05) is 60.0 Å². The summed E-state index contributed by atoms with van der Waals surface area (Å²) in [6, 6.07) is 19.6. The van der Waals surface area contributed by atoms with Crippen molar-refractivity contribution in [2.45, 2.75) is 25.8 Å². The first-order valence-electron chi connectivity index (χ1n) is 14.9. The molecule has 0 radical (unpaired) electrons. The van der Waals surface area contributed by atoms with Crippen LogP contribution in [0.4, 0.5) is 0 Å². The SMILES string of the molecule is COc1ccc2c(c1)C(c1ccc(Cl)cc1)=N[C@@H](CC(=O)NCC(=O)NCCc1ccc3cc(B(O)O)cnc3c1)c1nnc(C)n1-2. The number of fused-ring (bicyclic) bond motifs is 4. The molecule has 12 nitrogen and oxygen atoms in total. The van der Waals surface area contributed by atoms with E-state index in [0.717, 1.165) is 27.8 Å². The minimum Gasteiger partial charge on any atom is -0.497 e. The number of aromatic nitrogens is 4. The normalized spacial score (nSPS) is 13.6. The van der Waals surface area contributed by atoms with Gasteiger partial charge in [0.05, 0.1) is 37.0 Å². The highest BCUT2D eigenvalue weighted by molar-refractivity contribution is 6.58. The number of benzene rings is 3. The molecule has 0 saturated heterocycles. The first-order valence-corrected chi connectivity index (χ1v) is 15.3. The van der Waals surface area contributed by atoms with Crippen LogP contribution in [0.3, 0.4) is 0 Å². The lowest BCUT2D eigenvalue weighted by Crippen LogP contribution is -2.38. The lowest BCUT2D eigenvalue weighted by atomic mass is 9.81. The summed E-state index contributed by atoms with van der Waals surface area (Å²) in [6.07, 6.45) is 1.90. The zero-order chi connectivity index (χ0) is 33.1. The molecule has 0 saturated carbocycles. The highest BCUT2D eigenvalue weighted by Gasteiger charge is 2.30. The number of pyridine rings is 1. The molecular weight excluding hydrogens is 621 g/mol. The number of hydrogen-bond donors (Lipinski definition) is 4. The Hall–Kier alpha value is -5.11. The number of hydrogen-bond acceptors (Lipinski definition) is 9. The van der Waals surface area contributed by atoms with Gasteiger partial charge in [-0.25, -0.2) is 0 Å². The van der Waals surface area contributed by atoms with E-state index >= 15 is 0 Å². The Bertz CT molecular complexity index is 2000. The molecule has 5 aromatic rings. The molecule has 14 heteroatoms. The number of rotatable bonds is 10. The molecule has 238 valence electrons. The third kappa shape index (κ3) is 7.02. The Balaban J connectivity index is 1.13. The fourth-order valence-electron chi connectivity index (χ4n) is 5.49. The van der Waals surface area contributed by atoms with Crippen LogP contribution in [0.1, 0.15) is 40.8 Å². The van der Waals surface area contributed by atoms with Gasteiger partial charge in [0.1, 0.15) is 17.6 Å². The summed E-state index contributed by atoms with van der Waals surface area (Å²) in [5, 5.41) is 34.3. The van der Waals surface area contributed by atoms with Crippen LogP contribution < -0.4 is 20.8 Å². The summed E-state index contributed by atoms with van der Waals surface area (Å²) in [4.78, 5) is 35.1. The number of methoxy groups -OCH3 is 1. The van der Waals surface area contributed by atoms with Crippen LogP contribution >= 0.6 is 11.6 Å². The molecule has 0 spiro atoms. The van der Waals surface area contributed by atoms with Crippen LogP contribution in [0.5, 0.6) is 5.75 Å². The average Bonchev–Trinajstić information content (AvgIpc) is 3.40. The van der Waals surface area contributed by atoms with E-state index in [0.29, 0.717) is 52.1 Å². The van der Waals surface area contributed by atoms with Crippen LogP contribution in [0, 0.1) is 6.92 Å². The number of nitrogens with one attached hydrogen (secondary N) is 2.